The lowest BCUT2D eigenvalue weighted by atomic mass is 9.88. The van der Waals surface area contributed by atoms with Gasteiger partial charge in [0.25, 0.3) is 0 Å². The Kier molecular flexibility index (Phi) is 5.75. The molecule has 4 rings (SSSR count). The van der Waals surface area contributed by atoms with Crippen LogP contribution in [0, 0.1) is 5.92 Å². The molecule has 154 valence electrons. The first kappa shape index (κ1) is 19.5. The lowest BCUT2D eigenvalue weighted by Crippen LogP contribution is -2.44. The van der Waals surface area contributed by atoms with Gasteiger partial charge in [-0.25, -0.2) is 13.4 Å². The first-order valence-corrected chi connectivity index (χ1v) is 12.0. The van der Waals surface area contributed by atoms with E-state index in [1.165, 1.54) is 25.5 Å². The van der Waals surface area contributed by atoms with Gasteiger partial charge in [-0.3, -0.25) is 9.52 Å². The molecule has 1 amide bonds. The molecule has 2 saturated carbocycles. The van der Waals surface area contributed by atoms with Gasteiger partial charge >= 0.3 is 0 Å². The molecule has 0 aromatic carbocycles. The smallest absolute Gasteiger partial charge is 0.235 e. The highest BCUT2D eigenvalue weighted by Gasteiger charge is 2.35. The summed E-state index contributed by atoms with van der Waals surface area (Å²) in [5.41, 5.74) is 0.465. The fourth-order valence-electron chi connectivity index (χ4n) is 4.11. The Bertz CT molecular complexity index is 778. The quantitative estimate of drug-likeness (QED) is 0.783. The number of piperidine rings is 1. The van der Waals surface area contributed by atoms with Gasteiger partial charge in [0.1, 0.15) is 6.10 Å². The number of ether oxygens (including phenoxy) is 1. The summed E-state index contributed by atoms with van der Waals surface area (Å²) < 4.78 is 32.4. The van der Waals surface area contributed by atoms with E-state index in [-0.39, 0.29) is 17.3 Å². The molecular weight excluding hydrogens is 378 g/mol. The van der Waals surface area contributed by atoms with Crippen LogP contribution in [-0.4, -0.2) is 48.7 Å². The SMILES string of the molecule is O=C(C1CCCCC1)N1CCC(Oc2ccc(NS(=O)(=O)C3CC3)cn2)CC1. The summed E-state index contributed by atoms with van der Waals surface area (Å²) in [5.74, 6) is 1.04. The van der Waals surface area contributed by atoms with Crippen molar-refractivity contribution in [2.45, 2.75) is 69.1 Å². The molecule has 0 unspecified atom stereocenters. The van der Waals surface area contributed by atoms with E-state index < -0.39 is 10.0 Å². The monoisotopic (exact) mass is 407 g/mol. The van der Waals surface area contributed by atoms with Gasteiger partial charge in [0.2, 0.25) is 21.8 Å². The normalized spacial score (nSPS) is 22.1. The molecule has 1 aliphatic heterocycles. The number of hydrogen-bond acceptors (Lipinski definition) is 5. The Morgan fingerprint density at radius 3 is 2.36 bits per heavy atom. The lowest BCUT2D eigenvalue weighted by molar-refractivity contribution is -0.138. The first-order chi connectivity index (χ1) is 13.5. The third-order valence-electron chi connectivity index (χ3n) is 5.96. The van der Waals surface area contributed by atoms with E-state index >= 15 is 0 Å². The van der Waals surface area contributed by atoms with Gasteiger partial charge in [0.15, 0.2) is 0 Å². The van der Waals surface area contributed by atoms with Crippen LogP contribution in [0.2, 0.25) is 0 Å². The van der Waals surface area contributed by atoms with Crippen molar-refractivity contribution < 1.29 is 17.9 Å². The maximum atomic E-state index is 12.6. The number of rotatable bonds is 6. The third-order valence-corrected chi connectivity index (χ3v) is 7.82. The molecule has 1 N–H and O–H groups in total. The molecule has 28 heavy (non-hydrogen) atoms. The standard InChI is InChI=1S/C20H29N3O4S/c24-20(15-4-2-1-3-5-15)23-12-10-17(11-13-23)27-19-9-6-16(14-21-19)22-28(25,26)18-7-8-18/h6,9,14-15,17-18,22H,1-5,7-8,10-13H2. The molecule has 1 saturated heterocycles. The van der Waals surface area contributed by atoms with E-state index in [4.69, 9.17) is 4.74 Å². The van der Waals surface area contributed by atoms with Crippen LogP contribution in [0.15, 0.2) is 18.3 Å². The second kappa shape index (κ2) is 8.27. The highest BCUT2D eigenvalue weighted by atomic mass is 32.2. The van der Waals surface area contributed by atoms with E-state index in [2.05, 4.69) is 9.71 Å². The number of hydrogen-bond donors (Lipinski definition) is 1. The maximum Gasteiger partial charge on any atom is 0.235 e. The van der Waals surface area contributed by atoms with Crippen molar-refractivity contribution in [1.29, 1.82) is 0 Å². The van der Waals surface area contributed by atoms with Crippen LogP contribution in [0.25, 0.3) is 0 Å². The number of carbonyl (C=O) groups excluding carboxylic acids is 1. The summed E-state index contributed by atoms with van der Waals surface area (Å²) in [7, 11) is -3.27. The zero-order valence-electron chi connectivity index (χ0n) is 16.2. The Morgan fingerprint density at radius 2 is 1.75 bits per heavy atom. The molecule has 0 radical (unpaired) electrons. The molecule has 3 aliphatic rings. The molecule has 0 spiro atoms. The average molecular weight is 408 g/mol. The highest BCUT2D eigenvalue weighted by Crippen LogP contribution is 2.30. The van der Waals surface area contributed by atoms with E-state index in [9.17, 15) is 13.2 Å². The van der Waals surface area contributed by atoms with Gasteiger partial charge in [-0.2, -0.15) is 0 Å². The average Bonchev–Trinajstić information content (AvgIpc) is 3.56. The summed E-state index contributed by atoms with van der Waals surface area (Å²) in [6.45, 7) is 1.47. The van der Waals surface area contributed by atoms with Gasteiger partial charge in [0, 0.05) is 37.9 Å². The number of carbonyl (C=O) groups is 1. The van der Waals surface area contributed by atoms with Crippen LogP contribution in [0.3, 0.4) is 0 Å². The fraction of sp³-hybridized carbons (Fsp3) is 0.700. The van der Waals surface area contributed by atoms with Crippen molar-refractivity contribution in [1.82, 2.24) is 9.88 Å². The second-order valence-electron chi connectivity index (χ2n) is 8.21. The number of nitrogens with one attached hydrogen (secondary N) is 1. The summed E-state index contributed by atoms with van der Waals surface area (Å²) in [6, 6.07) is 3.38. The van der Waals surface area contributed by atoms with E-state index in [1.807, 2.05) is 4.90 Å². The van der Waals surface area contributed by atoms with Gasteiger partial charge in [-0.05, 0) is 31.7 Å². The van der Waals surface area contributed by atoms with Crippen LogP contribution in [0.1, 0.15) is 57.8 Å². The van der Waals surface area contributed by atoms with E-state index in [0.717, 1.165) is 51.6 Å². The van der Waals surface area contributed by atoms with Crippen molar-refractivity contribution >= 4 is 21.6 Å². The molecule has 8 heteroatoms. The minimum Gasteiger partial charge on any atom is -0.474 e. The molecule has 3 fully saturated rings. The van der Waals surface area contributed by atoms with Crippen LogP contribution in [0.4, 0.5) is 5.69 Å². The molecule has 1 aromatic heterocycles. The van der Waals surface area contributed by atoms with Crippen LogP contribution < -0.4 is 9.46 Å². The molecule has 2 aliphatic carbocycles. The van der Waals surface area contributed by atoms with Crippen molar-refractivity contribution in [2.75, 3.05) is 17.8 Å². The summed E-state index contributed by atoms with van der Waals surface area (Å²) in [6.07, 6.45) is 10.3. The fourth-order valence-corrected chi connectivity index (χ4v) is 5.48. The first-order valence-electron chi connectivity index (χ1n) is 10.4. The Labute approximate surface area is 166 Å². The van der Waals surface area contributed by atoms with Gasteiger partial charge in [0.05, 0.1) is 17.1 Å². The summed E-state index contributed by atoms with van der Waals surface area (Å²) in [5, 5.41) is -0.259. The molecular formula is C20H29N3O4S. The number of sulfonamides is 1. The number of nitrogens with zero attached hydrogens (tertiary/aromatic N) is 2. The van der Waals surface area contributed by atoms with Crippen molar-refractivity contribution in [3.63, 3.8) is 0 Å². The molecule has 0 atom stereocenters. The number of anilines is 1. The van der Waals surface area contributed by atoms with Crippen LogP contribution >= 0.6 is 0 Å². The van der Waals surface area contributed by atoms with Gasteiger partial charge in [-0.15, -0.1) is 0 Å². The van der Waals surface area contributed by atoms with Gasteiger partial charge in [-0.1, -0.05) is 19.3 Å². The third kappa shape index (κ3) is 4.77. The summed E-state index contributed by atoms with van der Waals surface area (Å²) in [4.78, 5) is 18.9. The van der Waals surface area contributed by atoms with Crippen molar-refractivity contribution in [3.05, 3.63) is 18.3 Å². The number of likely N-dealkylation sites (tertiary alicyclic amines) is 1. The van der Waals surface area contributed by atoms with Crippen molar-refractivity contribution in [2.24, 2.45) is 5.92 Å². The van der Waals surface area contributed by atoms with E-state index in [0.29, 0.717) is 17.5 Å². The Balaban J connectivity index is 1.25. The molecule has 7 nitrogen and oxygen atoms in total. The topological polar surface area (TPSA) is 88.6 Å². The molecule has 0 bridgehead atoms. The largest absolute Gasteiger partial charge is 0.474 e. The van der Waals surface area contributed by atoms with Crippen LogP contribution in [-0.2, 0) is 14.8 Å². The van der Waals surface area contributed by atoms with E-state index in [1.54, 1.807) is 12.1 Å². The van der Waals surface area contributed by atoms with Crippen LogP contribution in [0.5, 0.6) is 5.88 Å². The number of amides is 1. The zero-order valence-corrected chi connectivity index (χ0v) is 17.0. The number of aromatic nitrogens is 1. The zero-order chi connectivity index (χ0) is 19.6. The molecule has 1 aromatic rings. The second-order valence-corrected chi connectivity index (χ2v) is 10.2. The predicted molar refractivity (Wildman–Crippen MR) is 107 cm³/mol. The molecule has 2 heterocycles. The van der Waals surface area contributed by atoms with Gasteiger partial charge < -0.3 is 9.64 Å². The van der Waals surface area contributed by atoms with Crippen molar-refractivity contribution in [3.8, 4) is 5.88 Å². The highest BCUT2D eigenvalue weighted by molar-refractivity contribution is 7.93. The number of pyridine rings is 1. The summed E-state index contributed by atoms with van der Waals surface area (Å²) >= 11 is 0. The maximum absolute atomic E-state index is 12.6. The Morgan fingerprint density at radius 1 is 1.04 bits per heavy atom. The lowest BCUT2D eigenvalue weighted by Gasteiger charge is -2.35. The minimum atomic E-state index is -3.27. The predicted octanol–water partition coefficient (Wildman–Crippen LogP) is 2.94. The Hall–Kier alpha value is -1.83. The minimum absolute atomic E-state index is 0.0388.